The van der Waals surface area contributed by atoms with Gasteiger partial charge in [0.15, 0.2) is 0 Å². The summed E-state index contributed by atoms with van der Waals surface area (Å²) in [6, 6.07) is 13.2. The molecule has 2 aromatic carbocycles. The molecule has 0 bridgehead atoms. The van der Waals surface area contributed by atoms with Gasteiger partial charge in [0.1, 0.15) is 0 Å². The number of hydrogen-bond acceptors (Lipinski definition) is 3. The number of benzene rings is 2. The summed E-state index contributed by atoms with van der Waals surface area (Å²) >= 11 is 0. The van der Waals surface area contributed by atoms with Gasteiger partial charge in [-0.3, -0.25) is 9.52 Å². The van der Waals surface area contributed by atoms with Gasteiger partial charge < -0.3 is 4.90 Å². The lowest BCUT2D eigenvalue weighted by Gasteiger charge is -2.31. The summed E-state index contributed by atoms with van der Waals surface area (Å²) in [7, 11) is -3.72. The Labute approximate surface area is 136 Å². The molecule has 6 heteroatoms. The van der Waals surface area contributed by atoms with E-state index in [0.717, 1.165) is 25.1 Å². The van der Waals surface area contributed by atoms with Gasteiger partial charge in [0.25, 0.3) is 15.9 Å². The van der Waals surface area contributed by atoms with Gasteiger partial charge in [-0.05, 0) is 43.7 Å². The fourth-order valence-electron chi connectivity index (χ4n) is 2.33. The van der Waals surface area contributed by atoms with Gasteiger partial charge in [-0.2, -0.15) is 0 Å². The largest absolute Gasteiger partial charge is 0.339 e. The van der Waals surface area contributed by atoms with Crippen molar-refractivity contribution in [2.24, 2.45) is 0 Å². The van der Waals surface area contributed by atoms with Crippen molar-refractivity contribution >= 4 is 21.6 Å². The van der Waals surface area contributed by atoms with Crippen LogP contribution in [0.3, 0.4) is 0 Å². The summed E-state index contributed by atoms with van der Waals surface area (Å²) in [4.78, 5) is 14.0. The highest BCUT2D eigenvalue weighted by Gasteiger charge is 2.23. The summed E-state index contributed by atoms with van der Waals surface area (Å²) in [5.41, 5.74) is 1.95. The number of aryl methyl sites for hydroxylation is 1. The minimum absolute atomic E-state index is 0.0875. The molecule has 120 valence electrons. The maximum Gasteiger partial charge on any atom is 0.261 e. The van der Waals surface area contributed by atoms with Crippen LogP contribution in [0.1, 0.15) is 22.3 Å². The van der Waals surface area contributed by atoms with Gasteiger partial charge in [0, 0.05) is 24.3 Å². The Morgan fingerprint density at radius 1 is 1.09 bits per heavy atom. The van der Waals surface area contributed by atoms with Crippen LogP contribution in [0.5, 0.6) is 0 Å². The lowest BCUT2D eigenvalue weighted by molar-refractivity contribution is 0.0651. The Kier molecular flexibility index (Phi) is 4.09. The molecule has 2 aromatic rings. The fourth-order valence-corrected chi connectivity index (χ4v) is 3.44. The number of anilines is 1. The summed E-state index contributed by atoms with van der Waals surface area (Å²) in [5.74, 6) is -0.122. The molecule has 0 aromatic heterocycles. The number of carbonyl (C=O) groups excluding carboxylic acids is 1. The number of sulfonamides is 1. The Morgan fingerprint density at radius 3 is 2.39 bits per heavy atom. The van der Waals surface area contributed by atoms with Crippen molar-refractivity contribution < 1.29 is 13.2 Å². The third-order valence-electron chi connectivity index (χ3n) is 3.84. The van der Waals surface area contributed by atoms with Crippen molar-refractivity contribution in [3.8, 4) is 0 Å². The van der Waals surface area contributed by atoms with E-state index in [2.05, 4.69) is 4.72 Å². The van der Waals surface area contributed by atoms with Crippen LogP contribution in [-0.4, -0.2) is 32.3 Å². The molecule has 1 fully saturated rings. The minimum atomic E-state index is -3.72. The Balaban J connectivity index is 1.84. The SMILES string of the molecule is Cc1ccc(NS(=O)(=O)c2cccc(C(=O)N3CCC3)c2)cc1. The first-order valence-corrected chi connectivity index (χ1v) is 8.93. The smallest absolute Gasteiger partial charge is 0.261 e. The zero-order valence-corrected chi connectivity index (χ0v) is 13.6. The van der Waals surface area contributed by atoms with Crippen LogP contribution in [0.15, 0.2) is 53.4 Å². The number of likely N-dealkylation sites (tertiary alicyclic amines) is 1. The molecule has 1 N–H and O–H groups in total. The average Bonchev–Trinajstić information content (AvgIpc) is 2.48. The summed E-state index contributed by atoms with van der Waals surface area (Å²) in [6.45, 7) is 3.40. The molecule has 1 saturated heterocycles. The van der Waals surface area contributed by atoms with Crippen LogP contribution in [0, 0.1) is 6.92 Å². The molecular formula is C17H18N2O3S. The monoisotopic (exact) mass is 330 g/mol. The van der Waals surface area contributed by atoms with Gasteiger partial charge in [-0.1, -0.05) is 23.8 Å². The highest BCUT2D eigenvalue weighted by Crippen LogP contribution is 2.19. The predicted molar refractivity (Wildman–Crippen MR) is 89.0 cm³/mol. The molecule has 0 radical (unpaired) electrons. The minimum Gasteiger partial charge on any atom is -0.339 e. The fraction of sp³-hybridized carbons (Fsp3) is 0.235. The molecule has 0 unspecified atom stereocenters. The third kappa shape index (κ3) is 3.37. The van der Waals surface area contributed by atoms with Crippen molar-refractivity contribution in [1.29, 1.82) is 0 Å². The van der Waals surface area contributed by atoms with Gasteiger partial charge in [-0.25, -0.2) is 8.42 Å². The lowest BCUT2D eigenvalue weighted by atomic mass is 10.1. The molecule has 3 rings (SSSR count). The number of nitrogens with one attached hydrogen (secondary N) is 1. The molecule has 1 heterocycles. The van der Waals surface area contributed by atoms with E-state index < -0.39 is 10.0 Å². The van der Waals surface area contributed by atoms with E-state index in [9.17, 15) is 13.2 Å². The zero-order valence-electron chi connectivity index (χ0n) is 12.8. The molecule has 5 nitrogen and oxygen atoms in total. The zero-order chi connectivity index (χ0) is 16.4. The van der Waals surface area contributed by atoms with Crippen molar-refractivity contribution in [3.05, 3.63) is 59.7 Å². The molecule has 1 aliphatic heterocycles. The van der Waals surface area contributed by atoms with Gasteiger partial charge >= 0.3 is 0 Å². The number of amides is 1. The second-order valence-corrected chi connectivity index (χ2v) is 7.33. The topological polar surface area (TPSA) is 66.5 Å². The molecule has 1 aliphatic rings. The van der Waals surface area contributed by atoms with E-state index in [0.29, 0.717) is 11.3 Å². The standard InChI is InChI=1S/C17H18N2O3S/c1-13-6-8-15(9-7-13)18-23(21,22)16-5-2-4-14(12-16)17(20)19-10-3-11-19/h2,4-9,12,18H,3,10-11H2,1H3. The Hall–Kier alpha value is -2.34. The van der Waals surface area contributed by atoms with E-state index in [1.54, 1.807) is 29.2 Å². The molecule has 0 atom stereocenters. The highest BCUT2D eigenvalue weighted by molar-refractivity contribution is 7.92. The van der Waals surface area contributed by atoms with Gasteiger partial charge in [0.2, 0.25) is 0 Å². The highest BCUT2D eigenvalue weighted by atomic mass is 32.2. The quantitative estimate of drug-likeness (QED) is 0.937. The normalized spacial score (nSPS) is 14.2. The number of hydrogen-bond donors (Lipinski definition) is 1. The molecule has 0 spiro atoms. The third-order valence-corrected chi connectivity index (χ3v) is 5.22. The number of nitrogens with zero attached hydrogens (tertiary/aromatic N) is 1. The lowest BCUT2D eigenvalue weighted by Crippen LogP contribution is -2.42. The summed E-state index contributed by atoms with van der Waals surface area (Å²) < 4.78 is 27.5. The van der Waals surface area contributed by atoms with E-state index in [-0.39, 0.29) is 10.8 Å². The van der Waals surface area contributed by atoms with Crippen molar-refractivity contribution in [2.45, 2.75) is 18.2 Å². The molecular weight excluding hydrogens is 312 g/mol. The predicted octanol–water partition coefficient (Wildman–Crippen LogP) is 2.64. The van der Waals surface area contributed by atoms with Gasteiger partial charge in [0.05, 0.1) is 4.90 Å². The van der Waals surface area contributed by atoms with E-state index in [1.165, 1.54) is 12.1 Å². The summed E-state index contributed by atoms with van der Waals surface area (Å²) in [5, 5.41) is 0. The second kappa shape index (κ2) is 6.04. The van der Waals surface area contributed by atoms with Crippen molar-refractivity contribution in [1.82, 2.24) is 4.90 Å². The molecule has 0 saturated carbocycles. The Bertz CT molecular complexity index is 825. The van der Waals surface area contributed by atoms with Crippen LogP contribution in [0.2, 0.25) is 0 Å². The Morgan fingerprint density at radius 2 is 1.78 bits per heavy atom. The second-order valence-electron chi connectivity index (χ2n) is 5.65. The van der Waals surface area contributed by atoms with Crippen LogP contribution < -0.4 is 4.72 Å². The van der Waals surface area contributed by atoms with E-state index in [1.807, 2.05) is 19.1 Å². The van der Waals surface area contributed by atoms with Crippen LogP contribution in [0.25, 0.3) is 0 Å². The van der Waals surface area contributed by atoms with Gasteiger partial charge in [-0.15, -0.1) is 0 Å². The van der Waals surface area contributed by atoms with Crippen LogP contribution >= 0.6 is 0 Å². The maximum atomic E-state index is 12.5. The first-order valence-electron chi connectivity index (χ1n) is 7.44. The number of carbonyl (C=O) groups is 1. The summed E-state index contributed by atoms with van der Waals surface area (Å²) in [6.07, 6.45) is 0.999. The van der Waals surface area contributed by atoms with E-state index >= 15 is 0 Å². The molecule has 1 amide bonds. The van der Waals surface area contributed by atoms with Crippen LogP contribution in [0.4, 0.5) is 5.69 Å². The van der Waals surface area contributed by atoms with E-state index in [4.69, 9.17) is 0 Å². The first kappa shape index (κ1) is 15.6. The maximum absolute atomic E-state index is 12.5. The first-order chi connectivity index (χ1) is 11.0. The average molecular weight is 330 g/mol. The van der Waals surface area contributed by atoms with Crippen molar-refractivity contribution in [3.63, 3.8) is 0 Å². The molecule has 23 heavy (non-hydrogen) atoms. The van der Waals surface area contributed by atoms with Crippen LogP contribution in [-0.2, 0) is 10.0 Å². The van der Waals surface area contributed by atoms with Crippen molar-refractivity contribution in [2.75, 3.05) is 17.8 Å². The molecule has 0 aliphatic carbocycles. The number of rotatable bonds is 4.